The van der Waals surface area contributed by atoms with E-state index in [1.165, 1.54) is 24.2 Å². The maximum Gasteiger partial charge on any atom is 0.293 e. The van der Waals surface area contributed by atoms with E-state index in [2.05, 4.69) is 16.2 Å². The minimum Gasteiger partial charge on any atom is -0.326 e. The van der Waals surface area contributed by atoms with E-state index >= 15 is 0 Å². The highest BCUT2D eigenvalue weighted by Gasteiger charge is 2.17. The molecule has 0 aliphatic carbocycles. The molecule has 1 aliphatic rings. The minimum atomic E-state index is -0.0630. The minimum absolute atomic E-state index is 0.0177. The van der Waals surface area contributed by atoms with Crippen molar-refractivity contribution in [1.29, 1.82) is 0 Å². The summed E-state index contributed by atoms with van der Waals surface area (Å²) in [6.45, 7) is 1.49. The molecule has 1 fully saturated rings. The molecule has 0 aromatic heterocycles. The predicted octanol–water partition coefficient (Wildman–Crippen LogP) is 1.91. The number of thioether (sulfide) groups is 1. The predicted molar refractivity (Wildman–Crippen MR) is 77.0 cm³/mol. The standard InChI is InChI=1S/C13H17N3O2S/c1-9(17)14-11-5-2-10(3-6-11)4-7-12-8-19-13(18)16-15-12/h2-3,5-6,12,15H,4,7-8H2,1H3,(H,14,17)(H,16,18). The Morgan fingerprint density at radius 1 is 1.42 bits per heavy atom. The molecule has 0 saturated carbocycles. The number of benzene rings is 1. The van der Waals surface area contributed by atoms with Crippen LogP contribution < -0.4 is 16.2 Å². The van der Waals surface area contributed by atoms with Crippen LogP contribution in [-0.4, -0.2) is 22.9 Å². The van der Waals surface area contributed by atoms with E-state index < -0.39 is 0 Å². The summed E-state index contributed by atoms with van der Waals surface area (Å²) in [5, 5.41) is 2.72. The number of hydrogen-bond acceptors (Lipinski definition) is 4. The number of carbonyl (C=O) groups is 2. The summed E-state index contributed by atoms with van der Waals surface area (Å²) in [6, 6.07) is 8.14. The fourth-order valence-corrected chi connectivity index (χ4v) is 2.60. The number of amides is 2. The summed E-state index contributed by atoms with van der Waals surface area (Å²) in [5.41, 5.74) is 7.66. The van der Waals surface area contributed by atoms with Gasteiger partial charge in [-0.25, -0.2) is 5.43 Å². The number of carbonyl (C=O) groups excluding carboxylic acids is 2. The quantitative estimate of drug-likeness (QED) is 0.787. The van der Waals surface area contributed by atoms with Crippen LogP contribution in [0.5, 0.6) is 0 Å². The van der Waals surface area contributed by atoms with Crippen molar-refractivity contribution in [3.8, 4) is 0 Å². The van der Waals surface area contributed by atoms with Crippen LogP contribution in [0.15, 0.2) is 24.3 Å². The third kappa shape index (κ3) is 4.57. The molecule has 2 rings (SSSR count). The maximum atomic E-state index is 11.0. The molecule has 1 unspecified atom stereocenters. The second-order valence-electron chi connectivity index (χ2n) is 4.48. The average molecular weight is 279 g/mol. The van der Waals surface area contributed by atoms with Gasteiger partial charge in [-0.1, -0.05) is 23.9 Å². The first kappa shape index (κ1) is 13.9. The van der Waals surface area contributed by atoms with Gasteiger partial charge in [0.15, 0.2) is 0 Å². The molecule has 102 valence electrons. The zero-order chi connectivity index (χ0) is 13.7. The van der Waals surface area contributed by atoms with Crippen LogP contribution in [0.1, 0.15) is 18.9 Å². The zero-order valence-electron chi connectivity index (χ0n) is 10.7. The molecule has 1 heterocycles. The number of rotatable bonds is 4. The molecule has 1 atom stereocenters. The molecule has 1 saturated heterocycles. The Labute approximate surface area is 116 Å². The molecule has 2 amide bonds. The number of nitrogens with one attached hydrogen (secondary N) is 3. The summed E-state index contributed by atoms with van der Waals surface area (Å²) in [7, 11) is 0. The highest BCUT2D eigenvalue weighted by atomic mass is 32.2. The molecule has 19 heavy (non-hydrogen) atoms. The van der Waals surface area contributed by atoms with Crippen LogP contribution in [0.4, 0.5) is 10.5 Å². The van der Waals surface area contributed by atoms with Crippen LogP contribution in [0.25, 0.3) is 0 Å². The highest BCUT2D eigenvalue weighted by molar-refractivity contribution is 8.13. The van der Waals surface area contributed by atoms with Crippen LogP contribution >= 0.6 is 11.8 Å². The van der Waals surface area contributed by atoms with Crippen molar-refractivity contribution in [2.75, 3.05) is 11.1 Å². The van der Waals surface area contributed by atoms with Crippen molar-refractivity contribution in [3.05, 3.63) is 29.8 Å². The van der Waals surface area contributed by atoms with Gasteiger partial charge < -0.3 is 5.32 Å². The van der Waals surface area contributed by atoms with Crippen molar-refractivity contribution in [2.24, 2.45) is 0 Å². The van der Waals surface area contributed by atoms with Gasteiger partial charge in [0.2, 0.25) is 5.91 Å². The zero-order valence-corrected chi connectivity index (χ0v) is 11.5. The molecule has 1 aromatic carbocycles. The van der Waals surface area contributed by atoms with Crippen molar-refractivity contribution >= 4 is 28.6 Å². The highest BCUT2D eigenvalue weighted by Crippen LogP contribution is 2.15. The smallest absolute Gasteiger partial charge is 0.293 e. The molecule has 6 heteroatoms. The lowest BCUT2D eigenvalue weighted by atomic mass is 10.1. The Hall–Kier alpha value is -1.53. The summed E-state index contributed by atoms with van der Waals surface area (Å²) in [5.74, 6) is 0.738. The summed E-state index contributed by atoms with van der Waals surface area (Å²) < 4.78 is 0. The van der Waals surface area contributed by atoms with E-state index in [4.69, 9.17) is 0 Å². The van der Waals surface area contributed by atoms with Gasteiger partial charge in [0.25, 0.3) is 5.24 Å². The molecule has 0 spiro atoms. The van der Waals surface area contributed by atoms with Gasteiger partial charge >= 0.3 is 0 Å². The van der Waals surface area contributed by atoms with Crippen molar-refractivity contribution in [1.82, 2.24) is 10.9 Å². The topological polar surface area (TPSA) is 70.2 Å². The molecule has 1 aliphatic heterocycles. The van der Waals surface area contributed by atoms with Gasteiger partial charge in [0.1, 0.15) is 0 Å². The molecular formula is C13H17N3O2S. The monoisotopic (exact) mass is 279 g/mol. The largest absolute Gasteiger partial charge is 0.326 e. The SMILES string of the molecule is CC(=O)Nc1ccc(CCC2CSC(=O)NN2)cc1. The van der Waals surface area contributed by atoms with Gasteiger partial charge in [-0.3, -0.25) is 15.0 Å². The first-order valence-corrected chi connectivity index (χ1v) is 7.17. The van der Waals surface area contributed by atoms with Crippen LogP contribution in [0.2, 0.25) is 0 Å². The molecule has 0 radical (unpaired) electrons. The number of aryl methyl sites for hydroxylation is 1. The van der Waals surface area contributed by atoms with E-state index in [0.29, 0.717) is 6.04 Å². The number of anilines is 1. The van der Waals surface area contributed by atoms with Crippen LogP contribution in [0, 0.1) is 0 Å². The van der Waals surface area contributed by atoms with E-state index in [1.54, 1.807) is 0 Å². The van der Waals surface area contributed by atoms with Gasteiger partial charge in [-0.15, -0.1) is 0 Å². The fourth-order valence-electron chi connectivity index (χ4n) is 1.87. The molecule has 1 aromatic rings. The average Bonchev–Trinajstić information content (AvgIpc) is 2.39. The Bertz CT molecular complexity index is 451. The van der Waals surface area contributed by atoms with Gasteiger partial charge in [0.05, 0.1) is 0 Å². The fraction of sp³-hybridized carbons (Fsp3) is 0.385. The summed E-state index contributed by atoms with van der Waals surface area (Å²) in [4.78, 5) is 21.9. The van der Waals surface area contributed by atoms with E-state index in [-0.39, 0.29) is 11.1 Å². The van der Waals surface area contributed by atoms with E-state index in [9.17, 15) is 9.59 Å². The number of hydrogen-bond donors (Lipinski definition) is 3. The molecule has 0 bridgehead atoms. The third-order valence-electron chi connectivity index (χ3n) is 2.85. The Balaban J connectivity index is 1.79. The van der Waals surface area contributed by atoms with Gasteiger partial charge in [0, 0.05) is 24.4 Å². The first-order valence-electron chi connectivity index (χ1n) is 6.18. The normalized spacial score (nSPS) is 18.8. The van der Waals surface area contributed by atoms with E-state index in [0.717, 1.165) is 24.3 Å². The second kappa shape index (κ2) is 6.58. The lowest BCUT2D eigenvalue weighted by Gasteiger charge is -2.23. The first-order chi connectivity index (χ1) is 9.13. The summed E-state index contributed by atoms with van der Waals surface area (Å²) >= 11 is 1.31. The third-order valence-corrected chi connectivity index (χ3v) is 3.78. The van der Waals surface area contributed by atoms with Crippen molar-refractivity contribution in [2.45, 2.75) is 25.8 Å². The lowest BCUT2D eigenvalue weighted by Crippen LogP contribution is -2.48. The Morgan fingerprint density at radius 3 is 2.74 bits per heavy atom. The van der Waals surface area contributed by atoms with E-state index in [1.807, 2.05) is 24.3 Å². The van der Waals surface area contributed by atoms with Crippen LogP contribution in [-0.2, 0) is 11.2 Å². The lowest BCUT2D eigenvalue weighted by molar-refractivity contribution is -0.114. The second-order valence-corrected chi connectivity index (χ2v) is 5.47. The molecule has 3 N–H and O–H groups in total. The summed E-state index contributed by atoms with van der Waals surface area (Å²) in [6.07, 6.45) is 1.90. The molecular weight excluding hydrogens is 262 g/mol. The Morgan fingerprint density at radius 2 is 2.16 bits per heavy atom. The van der Waals surface area contributed by atoms with Crippen molar-refractivity contribution < 1.29 is 9.59 Å². The van der Waals surface area contributed by atoms with Gasteiger partial charge in [-0.05, 0) is 30.5 Å². The van der Waals surface area contributed by atoms with Crippen LogP contribution in [0.3, 0.4) is 0 Å². The maximum absolute atomic E-state index is 11.0. The molecule has 5 nitrogen and oxygen atoms in total. The Kier molecular flexibility index (Phi) is 4.81. The van der Waals surface area contributed by atoms with Gasteiger partial charge in [-0.2, -0.15) is 0 Å². The van der Waals surface area contributed by atoms with Crippen molar-refractivity contribution in [3.63, 3.8) is 0 Å². The number of hydrazine groups is 1.